The number of nitriles is 1. The van der Waals surface area contributed by atoms with Crippen LogP contribution in [0.5, 0.6) is 0 Å². The molecule has 18 heavy (non-hydrogen) atoms. The average Bonchev–Trinajstić information content (AvgIpc) is 2.33. The molecule has 0 amide bonds. The smallest absolute Gasteiger partial charge is 0.126 e. The van der Waals surface area contributed by atoms with E-state index in [0.717, 1.165) is 18.5 Å². The summed E-state index contributed by atoms with van der Waals surface area (Å²) in [5, 5.41) is 12.2. The van der Waals surface area contributed by atoms with E-state index in [1.165, 1.54) is 6.07 Å². The summed E-state index contributed by atoms with van der Waals surface area (Å²) in [4.78, 5) is 0. The van der Waals surface area contributed by atoms with Crippen molar-refractivity contribution in [3.05, 3.63) is 35.1 Å². The maximum atomic E-state index is 13.1. The maximum absolute atomic E-state index is 13.1. The second kappa shape index (κ2) is 7.13. The van der Waals surface area contributed by atoms with E-state index >= 15 is 0 Å². The summed E-state index contributed by atoms with van der Waals surface area (Å²) in [6.07, 6.45) is 0.858. The van der Waals surface area contributed by atoms with Gasteiger partial charge >= 0.3 is 0 Å². The van der Waals surface area contributed by atoms with Gasteiger partial charge in [-0.25, -0.2) is 4.39 Å². The molecule has 0 spiro atoms. The highest BCUT2D eigenvalue weighted by molar-refractivity contribution is 5.24. The quantitative estimate of drug-likeness (QED) is 0.785. The van der Waals surface area contributed by atoms with Crippen LogP contribution in [0.2, 0.25) is 0 Å². The van der Waals surface area contributed by atoms with Crippen molar-refractivity contribution in [3.8, 4) is 6.07 Å². The van der Waals surface area contributed by atoms with Gasteiger partial charge in [0, 0.05) is 6.54 Å². The van der Waals surface area contributed by atoms with Gasteiger partial charge in [-0.15, -0.1) is 0 Å². The first kappa shape index (κ1) is 14.7. The standard InChI is InChI=1S/C15H21FN2/c1-11(2)14(9-17)10-18-7-6-13-4-5-15(16)12(3)8-13/h4-5,8,11,14,18H,6-7,10H2,1-3H3. The highest BCUT2D eigenvalue weighted by Crippen LogP contribution is 2.10. The fourth-order valence-electron chi connectivity index (χ4n) is 1.78. The third-order valence-corrected chi connectivity index (χ3v) is 3.15. The largest absolute Gasteiger partial charge is 0.315 e. The van der Waals surface area contributed by atoms with Crippen LogP contribution in [-0.2, 0) is 6.42 Å². The zero-order valence-electron chi connectivity index (χ0n) is 11.3. The molecule has 0 radical (unpaired) electrons. The van der Waals surface area contributed by atoms with Gasteiger partial charge in [0.05, 0.1) is 12.0 Å². The molecular formula is C15H21FN2. The molecule has 2 nitrogen and oxygen atoms in total. The zero-order valence-corrected chi connectivity index (χ0v) is 11.3. The van der Waals surface area contributed by atoms with E-state index in [-0.39, 0.29) is 11.7 Å². The van der Waals surface area contributed by atoms with Crippen molar-refractivity contribution in [1.29, 1.82) is 5.26 Å². The molecule has 98 valence electrons. The lowest BCUT2D eigenvalue weighted by atomic mass is 9.97. The van der Waals surface area contributed by atoms with E-state index < -0.39 is 0 Å². The molecule has 0 aliphatic heterocycles. The monoisotopic (exact) mass is 248 g/mol. The summed E-state index contributed by atoms with van der Waals surface area (Å²) in [5.74, 6) is 0.270. The maximum Gasteiger partial charge on any atom is 0.126 e. The van der Waals surface area contributed by atoms with Crippen LogP contribution in [-0.4, -0.2) is 13.1 Å². The molecule has 1 N–H and O–H groups in total. The number of hydrogen-bond donors (Lipinski definition) is 1. The number of aryl methyl sites for hydroxylation is 1. The molecule has 0 aliphatic carbocycles. The first-order valence-electron chi connectivity index (χ1n) is 6.40. The Hall–Kier alpha value is -1.40. The molecule has 1 aromatic rings. The van der Waals surface area contributed by atoms with Crippen molar-refractivity contribution in [2.45, 2.75) is 27.2 Å². The van der Waals surface area contributed by atoms with Crippen LogP contribution in [0.1, 0.15) is 25.0 Å². The van der Waals surface area contributed by atoms with Crippen molar-refractivity contribution in [2.75, 3.05) is 13.1 Å². The van der Waals surface area contributed by atoms with E-state index in [0.29, 0.717) is 18.0 Å². The Morgan fingerprint density at radius 3 is 2.67 bits per heavy atom. The molecule has 1 aromatic carbocycles. The fourth-order valence-corrected chi connectivity index (χ4v) is 1.78. The molecule has 0 saturated carbocycles. The van der Waals surface area contributed by atoms with E-state index in [9.17, 15) is 4.39 Å². The number of nitrogens with zero attached hydrogens (tertiary/aromatic N) is 1. The molecule has 1 rings (SSSR count). The number of rotatable bonds is 6. The van der Waals surface area contributed by atoms with Crippen LogP contribution in [0.25, 0.3) is 0 Å². The van der Waals surface area contributed by atoms with E-state index in [1.807, 2.05) is 12.1 Å². The van der Waals surface area contributed by atoms with Crippen LogP contribution < -0.4 is 5.32 Å². The molecule has 0 heterocycles. The molecule has 0 fully saturated rings. The van der Waals surface area contributed by atoms with Crippen molar-refractivity contribution < 1.29 is 4.39 Å². The lowest BCUT2D eigenvalue weighted by Gasteiger charge is -2.13. The summed E-state index contributed by atoms with van der Waals surface area (Å²) >= 11 is 0. The van der Waals surface area contributed by atoms with Gasteiger partial charge in [0.2, 0.25) is 0 Å². The lowest BCUT2D eigenvalue weighted by Crippen LogP contribution is -2.27. The second-order valence-corrected chi connectivity index (χ2v) is 5.02. The summed E-state index contributed by atoms with van der Waals surface area (Å²) in [5.41, 5.74) is 1.81. The van der Waals surface area contributed by atoms with Gasteiger partial charge in [0.15, 0.2) is 0 Å². The third-order valence-electron chi connectivity index (χ3n) is 3.15. The first-order chi connectivity index (χ1) is 8.54. The summed E-state index contributed by atoms with van der Waals surface area (Å²) in [6, 6.07) is 7.51. The summed E-state index contributed by atoms with van der Waals surface area (Å²) < 4.78 is 13.1. The van der Waals surface area contributed by atoms with Crippen LogP contribution >= 0.6 is 0 Å². The van der Waals surface area contributed by atoms with Gasteiger partial charge in [0.1, 0.15) is 5.82 Å². The average molecular weight is 248 g/mol. The molecule has 0 aliphatic rings. The molecule has 1 atom stereocenters. The second-order valence-electron chi connectivity index (χ2n) is 5.02. The molecule has 0 bridgehead atoms. The molecule has 0 saturated heterocycles. The number of halogens is 1. The fraction of sp³-hybridized carbons (Fsp3) is 0.533. The third kappa shape index (κ3) is 4.46. The molecular weight excluding hydrogens is 227 g/mol. The SMILES string of the molecule is Cc1cc(CCNCC(C#N)C(C)C)ccc1F. The Kier molecular flexibility index (Phi) is 5.80. The Morgan fingerprint density at radius 1 is 1.39 bits per heavy atom. The summed E-state index contributed by atoms with van der Waals surface area (Å²) in [7, 11) is 0. The Morgan fingerprint density at radius 2 is 2.11 bits per heavy atom. The van der Waals surface area contributed by atoms with E-state index in [1.54, 1.807) is 6.92 Å². The Labute approximate surface area is 109 Å². The lowest BCUT2D eigenvalue weighted by molar-refractivity contribution is 0.444. The van der Waals surface area contributed by atoms with Crippen LogP contribution in [0.3, 0.4) is 0 Å². The van der Waals surface area contributed by atoms with Crippen LogP contribution in [0.15, 0.2) is 18.2 Å². The topological polar surface area (TPSA) is 35.8 Å². The van der Waals surface area contributed by atoms with Gasteiger partial charge in [-0.2, -0.15) is 5.26 Å². The highest BCUT2D eigenvalue weighted by atomic mass is 19.1. The van der Waals surface area contributed by atoms with Gasteiger partial charge in [-0.3, -0.25) is 0 Å². The van der Waals surface area contributed by atoms with E-state index in [2.05, 4.69) is 25.2 Å². The summed E-state index contributed by atoms with van der Waals surface area (Å²) in [6.45, 7) is 7.42. The first-order valence-corrected chi connectivity index (χ1v) is 6.40. The van der Waals surface area contributed by atoms with E-state index in [4.69, 9.17) is 5.26 Å². The molecule has 1 unspecified atom stereocenters. The van der Waals surface area contributed by atoms with Crippen LogP contribution in [0.4, 0.5) is 4.39 Å². The minimum absolute atomic E-state index is 0.0555. The minimum Gasteiger partial charge on any atom is -0.315 e. The predicted octanol–water partition coefficient (Wildman–Crippen LogP) is 3.06. The normalized spacial score (nSPS) is 12.4. The van der Waals surface area contributed by atoms with Gasteiger partial charge in [-0.05, 0) is 43.0 Å². The van der Waals surface area contributed by atoms with Gasteiger partial charge < -0.3 is 5.32 Å². The predicted molar refractivity (Wildman–Crippen MR) is 71.7 cm³/mol. The number of benzene rings is 1. The van der Waals surface area contributed by atoms with Crippen molar-refractivity contribution in [2.24, 2.45) is 11.8 Å². The van der Waals surface area contributed by atoms with Crippen molar-refractivity contribution in [3.63, 3.8) is 0 Å². The zero-order chi connectivity index (χ0) is 13.5. The van der Waals surface area contributed by atoms with Crippen molar-refractivity contribution in [1.82, 2.24) is 5.32 Å². The number of hydrogen-bond acceptors (Lipinski definition) is 2. The van der Waals surface area contributed by atoms with Gasteiger partial charge in [-0.1, -0.05) is 26.0 Å². The Bertz CT molecular complexity index is 421. The van der Waals surface area contributed by atoms with Crippen molar-refractivity contribution >= 4 is 0 Å². The molecule has 3 heteroatoms. The number of nitrogens with one attached hydrogen (secondary N) is 1. The van der Waals surface area contributed by atoms with Gasteiger partial charge in [0.25, 0.3) is 0 Å². The van der Waals surface area contributed by atoms with Crippen LogP contribution in [0, 0.1) is 35.9 Å². The molecule has 0 aromatic heterocycles. The minimum atomic E-state index is -0.156. The Balaban J connectivity index is 2.34. The highest BCUT2D eigenvalue weighted by Gasteiger charge is 2.10.